The molecule has 20 heavy (non-hydrogen) atoms. The second-order valence-electron chi connectivity index (χ2n) is 6.30. The maximum atomic E-state index is 12.3. The minimum atomic E-state index is 0.00842. The van der Waals surface area contributed by atoms with E-state index in [1.165, 1.54) is 0 Å². The van der Waals surface area contributed by atoms with E-state index in [-0.39, 0.29) is 17.4 Å². The van der Waals surface area contributed by atoms with Crippen LogP contribution >= 0.6 is 0 Å². The number of fused-ring (bicyclic) bond motifs is 1. The zero-order chi connectivity index (χ0) is 14.6. The second kappa shape index (κ2) is 6.87. The van der Waals surface area contributed by atoms with E-state index in [1.54, 1.807) is 0 Å². The van der Waals surface area contributed by atoms with Crippen molar-refractivity contribution >= 4 is 5.91 Å². The van der Waals surface area contributed by atoms with E-state index in [9.17, 15) is 4.79 Å². The highest BCUT2D eigenvalue weighted by molar-refractivity contribution is 5.78. The first-order valence-electron chi connectivity index (χ1n) is 7.69. The molecule has 5 nitrogen and oxygen atoms in total. The third-order valence-corrected chi connectivity index (χ3v) is 4.39. The van der Waals surface area contributed by atoms with Crippen molar-refractivity contribution in [2.45, 2.75) is 32.3 Å². The molecule has 2 saturated heterocycles. The van der Waals surface area contributed by atoms with Gasteiger partial charge in [-0.2, -0.15) is 0 Å². The maximum absolute atomic E-state index is 12.3. The van der Waals surface area contributed by atoms with Crippen LogP contribution in [0.4, 0.5) is 0 Å². The quantitative estimate of drug-likeness (QED) is 0.755. The van der Waals surface area contributed by atoms with Gasteiger partial charge in [-0.3, -0.25) is 4.79 Å². The lowest BCUT2D eigenvalue weighted by Gasteiger charge is -2.50. The van der Waals surface area contributed by atoms with Gasteiger partial charge in [0.05, 0.1) is 19.3 Å². The van der Waals surface area contributed by atoms with Crippen LogP contribution in [0.25, 0.3) is 0 Å². The minimum absolute atomic E-state index is 0.00842. The van der Waals surface area contributed by atoms with Crippen molar-refractivity contribution in [3.8, 4) is 0 Å². The number of amides is 1. The summed E-state index contributed by atoms with van der Waals surface area (Å²) in [6.07, 6.45) is 3.36. The Kier molecular flexibility index (Phi) is 5.41. The molecule has 2 fully saturated rings. The average molecular weight is 284 g/mol. The Balaban J connectivity index is 2.04. The van der Waals surface area contributed by atoms with E-state index in [2.05, 4.69) is 0 Å². The van der Waals surface area contributed by atoms with Crippen LogP contribution in [0, 0.1) is 5.41 Å². The molecule has 1 amide bonds. The highest BCUT2D eigenvalue weighted by Gasteiger charge is 2.47. The molecule has 2 aliphatic heterocycles. The van der Waals surface area contributed by atoms with Gasteiger partial charge in [0.2, 0.25) is 5.91 Å². The molecule has 5 heteroatoms. The molecular formula is C15H28N2O3. The van der Waals surface area contributed by atoms with Crippen molar-refractivity contribution in [1.29, 1.82) is 0 Å². The van der Waals surface area contributed by atoms with Gasteiger partial charge >= 0.3 is 0 Å². The summed E-state index contributed by atoms with van der Waals surface area (Å²) >= 11 is 0. The molecule has 2 atom stereocenters. The number of rotatable bonds is 5. The van der Waals surface area contributed by atoms with Crippen molar-refractivity contribution < 1.29 is 14.3 Å². The number of hydrogen-bond acceptors (Lipinski definition) is 4. The van der Waals surface area contributed by atoms with Gasteiger partial charge in [0.25, 0.3) is 0 Å². The van der Waals surface area contributed by atoms with Gasteiger partial charge in [-0.05, 0) is 40.3 Å². The Morgan fingerprint density at radius 1 is 1.50 bits per heavy atom. The summed E-state index contributed by atoms with van der Waals surface area (Å²) < 4.78 is 11.7. The Hall–Kier alpha value is -0.650. The minimum Gasteiger partial charge on any atom is -0.381 e. The Morgan fingerprint density at radius 2 is 2.30 bits per heavy atom. The summed E-state index contributed by atoms with van der Waals surface area (Å²) in [6.45, 7) is 6.38. The van der Waals surface area contributed by atoms with Gasteiger partial charge in [0, 0.05) is 31.7 Å². The first-order chi connectivity index (χ1) is 9.57. The van der Waals surface area contributed by atoms with E-state index in [0.29, 0.717) is 13.2 Å². The SMILES string of the molecule is CCOC[C@]12CCCO[C@H]1CCN(C(=O)CN(C)C)C2. The van der Waals surface area contributed by atoms with Gasteiger partial charge in [-0.1, -0.05) is 0 Å². The van der Waals surface area contributed by atoms with Crippen LogP contribution in [0.3, 0.4) is 0 Å². The summed E-state index contributed by atoms with van der Waals surface area (Å²) in [5, 5.41) is 0. The third kappa shape index (κ3) is 3.51. The molecule has 0 spiro atoms. The maximum Gasteiger partial charge on any atom is 0.236 e. The molecular weight excluding hydrogens is 256 g/mol. The number of ether oxygens (including phenoxy) is 2. The first kappa shape index (κ1) is 15.7. The summed E-state index contributed by atoms with van der Waals surface area (Å²) in [4.78, 5) is 16.2. The van der Waals surface area contributed by atoms with Crippen LogP contribution in [-0.2, 0) is 14.3 Å². The highest BCUT2D eigenvalue weighted by atomic mass is 16.5. The number of nitrogens with zero attached hydrogens (tertiary/aromatic N) is 2. The van der Waals surface area contributed by atoms with E-state index < -0.39 is 0 Å². The van der Waals surface area contributed by atoms with Gasteiger partial charge < -0.3 is 19.3 Å². The topological polar surface area (TPSA) is 42.0 Å². The third-order valence-electron chi connectivity index (χ3n) is 4.39. The van der Waals surface area contributed by atoms with Gasteiger partial charge in [-0.25, -0.2) is 0 Å². The average Bonchev–Trinajstić information content (AvgIpc) is 2.43. The predicted molar refractivity (Wildman–Crippen MR) is 77.7 cm³/mol. The van der Waals surface area contributed by atoms with Crippen molar-refractivity contribution in [2.24, 2.45) is 5.41 Å². The zero-order valence-electron chi connectivity index (χ0n) is 13.1. The van der Waals surface area contributed by atoms with E-state index in [1.807, 2.05) is 30.8 Å². The molecule has 116 valence electrons. The summed E-state index contributed by atoms with van der Waals surface area (Å²) in [5.41, 5.74) is 0.00842. The van der Waals surface area contributed by atoms with Crippen LogP contribution in [0.1, 0.15) is 26.2 Å². The van der Waals surface area contributed by atoms with Crippen molar-refractivity contribution in [3.05, 3.63) is 0 Å². The molecule has 2 rings (SSSR count). The number of hydrogen-bond donors (Lipinski definition) is 0. The largest absolute Gasteiger partial charge is 0.381 e. The fourth-order valence-corrected chi connectivity index (χ4v) is 3.39. The molecule has 0 saturated carbocycles. The molecule has 0 N–H and O–H groups in total. The highest BCUT2D eigenvalue weighted by Crippen LogP contribution is 2.40. The molecule has 0 unspecified atom stereocenters. The summed E-state index contributed by atoms with van der Waals surface area (Å²) in [7, 11) is 3.87. The van der Waals surface area contributed by atoms with Gasteiger partial charge in [0.1, 0.15) is 0 Å². The van der Waals surface area contributed by atoms with Crippen LogP contribution in [-0.4, -0.2) is 75.4 Å². The summed E-state index contributed by atoms with van der Waals surface area (Å²) in [5.74, 6) is 0.217. The lowest BCUT2D eigenvalue weighted by Crippen LogP contribution is -2.58. The fourth-order valence-electron chi connectivity index (χ4n) is 3.39. The molecule has 2 heterocycles. The zero-order valence-corrected chi connectivity index (χ0v) is 13.1. The van der Waals surface area contributed by atoms with E-state index >= 15 is 0 Å². The number of piperidine rings is 1. The van der Waals surface area contributed by atoms with Gasteiger partial charge in [0.15, 0.2) is 0 Å². The second-order valence-corrected chi connectivity index (χ2v) is 6.30. The number of likely N-dealkylation sites (N-methyl/N-ethyl adjacent to an activating group) is 1. The molecule has 2 aliphatic rings. The van der Waals surface area contributed by atoms with Crippen LogP contribution in [0.5, 0.6) is 0 Å². The molecule has 0 radical (unpaired) electrons. The number of carbonyl (C=O) groups excluding carboxylic acids is 1. The summed E-state index contributed by atoms with van der Waals surface area (Å²) in [6, 6.07) is 0. The molecule has 0 aliphatic carbocycles. The first-order valence-corrected chi connectivity index (χ1v) is 7.69. The van der Waals surface area contributed by atoms with Crippen molar-refractivity contribution in [3.63, 3.8) is 0 Å². The normalized spacial score (nSPS) is 30.4. The van der Waals surface area contributed by atoms with Crippen molar-refractivity contribution in [1.82, 2.24) is 9.80 Å². The van der Waals surface area contributed by atoms with E-state index in [4.69, 9.17) is 9.47 Å². The smallest absolute Gasteiger partial charge is 0.236 e. The van der Waals surface area contributed by atoms with Crippen molar-refractivity contribution in [2.75, 3.05) is 53.6 Å². The molecule has 0 bridgehead atoms. The Labute approximate surface area is 122 Å². The number of likely N-dealkylation sites (tertiary alicyclic amines) is 1. The Bertz CT molecular complexity index is 335. The fraction of sp³-hybridized carbons (Fsp3) is 0.933. The standard InChI is InChI=1S/C15H28N2O3/c1-4-19-12-15-7-5-9-20-13(15)6-8-17(11-15)14(18)10-16(2)3/h13H,4-12H2,1-3H3/t13-,15+/m0/s1. The lowest BCUT2D eigenvalue weighted by molar-refractivity contribution is -0.164. The Morgan fingerprint density at radius 3 is 3.00 bits per heavy atom. The molecule has 0 aromatic rings. The number of carbonyl (C=O) groups is 1. The predicted octanol–water partition coefficient (Wildman–Crippen LogP) is 0.982. The monoisotopic (exact) mass is 284 g/mol. The lowest BCUT2D eigenvalue weighted by atomic mass is 9.73. The molecule has 0 aromatic carbocycles. The van der Waals surface area contributed by atoms with Crippen LogP contribution in [0.15, 0.2) is 0 Å². The molecule has 0 aromatic heterocycles. The van der Waals surface area contributed by atoms with E-state index in [0.717, 1.165) is 45.6 Å². The van der Waals surface area contributed by atoms with Crippen LogP contribution in [0.2, 0.25) is 0 Å². The van der Waals surface area contributed by atoms with Gasteiger partial charge in [-0.15, -0.1) is 0 Å². The van der Waals surface area contributed by atoms with Crippen LogP contribution < -0.4 is 0 Å².